The third-order valence-electron chi connectivity index (χ3n) is 12.1. The molecule has 0 amide bonds. The number of aromatic nitrogens is 2. The van der Waals surface area contributed by atoms with Crippen LogP contribution in [0, 0.1) is 50.4 Å². The highest BCUT2D eigenvalue weighted by molar-refractivity contribution is 9.10. The van der Waals surface area contributed by atoms with Gasteiger partial charge in [-0.15, -0.1) is 0 Å². The molecule has 0 saturated heterocycles. The third-order valence-corrected chi connectivity index (χ3v) is 12.8. The van der Waals surface area contributed by atoms with Crippen molar-refractivity contribution >= 4 is 49.1 Å². The van der Waals surface area contributed by atoms with Gasteiger partial charge in [0.1, 0.15) is 0 Å². The van der Waals surface area contributed by atoms with E-state index in [0.717, 1.165) is 134 Å². The van der Waals surface area contributed by atoms with Gasteiger partial charge in [-0.25, -0.2) is 0 Å². The number of halogens is 1. The van der Waals surface area contributed by atoms with Crippen molar-refractivity contribution in [1.82, 2.24) is 9.13 Å². The van der Waals surface area contributed by atoms with Crippen LogP contribution in [0.3, 0.4) is 0 Å². The Kier molecular flexibility index (Phi) is 10.8. The lowest BCUT2D eigenvalue weighted by Gasteiger charge is -2.27. The molecule has 0 aliphatic heterocycles. The number of hydrogen-bond donors (Lipinski definition) is 4. The summed E-state index contributed by atoms with van der Waals surface area (Å²) in [6.45, 7) is 8.06. The Balaban J connectivity index is 0.000000169. The predicted molar refractivity (Wildman–Crippen MR) is 227 cm³/mol. The second-order valence-electron chi connectivity index (χ2n) is 15.6. The van der Waals surface area contributed by atoms with Crippen LogP contribution in [0.5, 0.6) is 0 Å². The number of nitriles is 2. The lowest BCUT2D eigenvalue weighted by Crippen LogP contribution is -2.20. The standard InChI is InChI=1S/C23H24BrN3O.C23H25N3O/c1-13-9-22-19(10-15(13)11-25)20(18-7-8-21(24)23(26)14(18)2)12-27(22)16-3-5-17(28)6-4-16;1-14-10-23-20(11-16(14)12-24)21(19-4-3-5-22(25)15(19)2)13-26(23)17-6-8-18(27)9-7-17/h7-10,12,16-17,28H,3-6,26H2,1-2H3;3-5,10-11,13,17-18,27H,6-9,25H2,1-2H3. The topological polar surface area (TPSA) is 150 Å². The normalized spacial score (nSPS) is 19.8. The summed E-state index contributed by atoms with van der Waals surface area (Å²) >= 11 is 3.51. The van der Waals surface area contributed by atoms with Gasteiger partial charge in [0.25, 0.3) is 0 Å². The van der Waals surface area contributed by atoms with E-state index < -0.39 is 0 Å². The molecule has 2 heterocycles. The van der Waals surface area contributed by atoms with E-state index in [9.17, 15) is 20.7 Å². The number of rotatable bonds is 4. The van der Waals surface area contributed by atoms with Gasteiger partial charge >= 0.3 is 0 Å². The number of hydrogen-bond acceptors (Lipinski definition) is 6. The van der Waals surface area contributed by atoms with Crippen LogP contribution in [0.4, 0.5) is 11.4 Å². The number of benzene rings is 4. The van der Waals surface area contributed by atoms with Gasteiger partial charge in [-0.2, -0.15) is 10.5 Å². The smallest absolute Gasteiger partial charge is 0.0994 e. The summed E-state index contributed by atoms with van der Waals surface area (Å²) in [4.78, 5) is 0. The number of fused-ring (bicyclic) bond motifs is 2. The maximum absolute atomic E-state index is 9.91. The molecule has 2 aliphatic rings. The highest BCUT2D eigenvalue weighted by atomic mass is 79.9. The van der Waals surface area contributed by atoms with Crippen molar-refractivity contribution in [2.45, 2.75) is 103 Å². The number of nitrogens with zero attached hydrogens (tertiary/aromatic N) is 4. The van der Waals surface area contributed by atoms with Crippen molar-refractivity contribution in [1.29, 1.82) is 10.5 Å². The minimum Gasteiger partial charge on any atom is -0.398 e. The molecule has 0 atom stereocenters. The zero-order valence-electron chi connectivity index (χ0n) is 32.0. The second kappa shape index (κ2) is 15.6. The molecule has 282 valence electrons. The average Bonchev–Trinajstić information content (AvgIpc) is 3.73. The van der Waals surface area contributed by atoms with E-state index in [1.807, 2.05) is 58.0 Å². The molecule has 0 unspecified atom stereocenters. The number of nitrogen functional groups attached to an aromatic ring is 2. The molecule has 2 aromatic heterocycles. The molecule has 8 rings (SSSR count). The summed E-state index contributed by atoms with van der Waals surface area (Å²) in [5, 5.41) is 41.0. The molecule has 2 fully saturated rings. The maximum Gasteiger partial charge on any atom is 0.0994 e. The molecule has 0 bridgehead atoms. The van der Waals surface area contributed by atoms with Crippen molar-refractivity contribution in [3.8, 4) is 34.4 Å². The monoisotopic (exact) mass is 796 g/mol. The van der Waals surface area contributed by atoms with Crippen LogP contribution in [0.25, 0.3) is 44.1 Å². The van der Waals surface area contributed by atoms with E-state index in [-0.39, 0.29) is 12.2 Å². The summed E-state index contributed by atoms with van der Waals surface area (Å²) < 4.78 is 5.60. The van der Waals surface area contributed by atoms with Crippen LogP contribution in [-0.4, -0.2) is 31.6 Å². The summed E-state index contributed by atoms with van der Waals surface area (Å²) in [6.07, 6.45) is 11.3. The van der Waals surface area contributed by atoms with E-state index in [4.69, 9.17) is 11.5 Å². The first-order chi connectivity index (χ1) is 26.4. The number of anilines is 2. The molecule has 0 radical (unpaired) electrons. The Morgan fingerprint density at radius 3 is 1.53 bits per heavy atom. The van der Waals surface area contributed by atoms with Crippen LogP contribution >= 0.6 is 15.9 Å². The lowest BCUT2D eigenvalue weighted by atomic mass is 9.93. The quantitative estimate of drug-likeness (QED) is 0.130. The average molecular weight is 798 g/mol. The fourth-order valence-electron chi connectivity index (χ4n) is 8.68. The highest BCUT2D eigenvalue weighted by Gasteiger charge is 2.26. The van der Waals surface area contributed by atoms with Crippen LogP contribution in [0.2, 0.25) is 0 Å². The largest absolute Gasteiger partial charge is 0.398 e. The zero-order chi connectivity index (χ0) is 39.1. The molecule has 55 heavy (non-hydrogen) atoms. The zero-order valence-corrected chi connectivity index (χ0v) is 33.6. The van der Waals surface area contributed by atoms with Gasteiger partial charge in [0.15, 0.2) is 0 Å². The van der Waals surface area contributed by atoms with Crippen LogP contribution in [0.15, 0.2) is 71.5 Å². The third kappa shape index (κ3) is 7.25. The minimum atomic E-state index is -0.182. The molecule has 9 heteroatoms. The van der Waals surface area contributed by atoms with Gasteiger partial charge in [0.2, 0.25) is 0 Å². The Labute approximate surface area is 331 Å². The molecule has 0 spiro atoms. The maximum atomic E-state index is 9.91. The first-order valence-electron chi connectivity index (χ1n) is 19.3. The molecule has 8 nitrogen and oxygen atoms in total. The SMILES string of the molecule is Cc1cc2c(cc1C#N)c(-c1ccc(Br)c(N)c1C)cn2C1CCC(O)CC1.Cc1cc2c(cc1C#N)c(-c1cccc(N)c1C)cn2C1CCC(O)CC1. The number of aryl methyl sites for hydroxylation is 2. The summed E-state index contributed by atoms with van der Waals surface area (Å²) in [7, 11) is 0. The van der Waals surface area contributed by atoms with Crippen molar-refractivity contribution in [2.75, 3.05) is 11.5 Å². The van der Waals surface area contributed by atoms with Gasteiger partial charge < -0.3 is 30.8 Å². The minimum absolute atomic E-state index is 0.175. The van der Waals surface area contributed by atoms with Gasteiger partial charge in [-0.1, -0.05) is 18.2 Å². The van der Waals surface area contributed by atoms with Gasteiger partial charge in [0.05, 0.1) is 35.5 Å². The summed E-state index contributed by atoms with van der Waals surface area (Å²) in [5.74, 6) is 0. The number of aliphatic hydroxyl groups is 2. The van der Waals surface area contributed by atoms with E-state index in [2.05, 4.69) is 73.9 Å². The fourth-order valence-corrected chi connectivity index (χ4v) is 9.11. The van der Waals surface area contributed by atoms with Crippen molar-refractivity contribution < 1.29 is 10.2 Å². The van der Waals surface area contributed by atoms with E-state index >= 15 is 0 Å². The molecule has 6 aromatic rings. The van der Waals surface area contributed by atoms with Crippen molar-refractivity contribution in [3.05, 3.63) is 105 Å². The van der Waals surface area contributed by atoms with Gasteiger partial charge in [-0.3, -0.25) is 0 Å². The summed E-state index contributed by atoms with van der Waals surface area (Å²) in [5.41, 5.74) is 26.2. The molecule has 2 aliphatic carbocycles. The molecular formula is C46H49BrN6O2. The van der Waals surface area contributed by atoms with Crippen molar-refractivity contribution in [2.24, 2.45) is 0 Å². The highest BCUT2D eigenvalue weighted by Crippen LogP contribution is 2.42. The van der Waals surface area contributed by atoms with Crippen LogP contribution in [0.1, 0.15) is 96.8 Å². The van der Waals surface area contributed by atoms with Crippen LogP contribution in [-0.2, 0) is 0 Å². The van der Waals surface area contributed by atoms with E-state index in [0.29, 0.717) is 23.2 Å². The fraction of sp³-hybridized carbons (Fsp3) is 0.348. The summed E-state index contributed by atoms with van der Waals surface area (Å²) in [6, 6.07) is 23.7. The molecule has 2 saturated carbocycles. The Bertz CT molecular complexity index is 2500. The number of nitrogens with two attached hydrogens (primary N) is 2. The first-order valence-corrected chi connectivity index (χ1v) is 20.1. The van der Waals surface area contributed by atoms with E-state index in [1.54, 1.807) is 0 Å². The second-order valence-corrected chi connectivity index (χ2v) is 16.4. The first kappa shape index (κ1) is 38.2. The Hall–Kier alpha value is -5.06. The van der Waals surface area contributed by atoms with Gasteiger partial charge in [0, 0.05) is 73.3 Å². The Morgan fingerprint density at radius 2 is 1.07 bits per heavy atom. The molecular weight excluding hydrogens is 748 g/mol. The number of aliphatic hydroxyl groups excluding tert-OH is 2. The Morgan fingerprint density at radius 1 is 0.618 bits per heavy atom. The lowest BCUT2D eigenvalue weighted by molar-refractivity contribution is 0.111. The van der Waals surface area contributed by atoms with Crippen LogP contribution < -0.4 is 11.5 Å². The van der Waals surface area contributed by atoms with E-state index in [1.165, 1.54) is 0 Å². The van der Waals surface area contributed by atoms with Gasteiger partial charge in [-0.05, 0) is 165 Å². The predicted octanol–water partition coefficient (Wildman–Crippen LogP) is 10.5. The molecule has 6 N–H and O–H groups in total. The molecule has 4 aromatic carbocycles. The van der Waals surface area contributed by atoms with Crippen molar-refractivity contribution in [3.63, 3.8) is 0 Å².